The van der Waals surface area contributed by atoms with E-state index in [2.05, 4.69) is 0 Å². The third-order valence-corrected chi connectivity index (χ3v) is 4.66. The van der Waals surface area contributed by atoms with Gasteiger partial charge >= 0.3 is 6.18 Å². The molecule has 1 unspecified atom stereocenters. The zero-order valence-corrected chi connectivity index (χ0v) is 12.1. The minimum atomic E-state index is -4.15. The summed E-state index contributed by atoms with van der Waals surface area (Å²) in [4.78, 5) is 0. The van der Waals surface area contributed by atoms with Crippen LogP contribution in [0.3, 0.4) is 0 Å². The van der Waals surface area contributed by atoms with Crippen molar-refractivity contribution in [1.82, 2.24) is 0 Å². The Bertz CT molecular complexity index is 481. The van der Waals surface area contributed by atoms with Gasteiger partial charge in [0.25, 0.3) is 0 Å². The Morgan fingerprint density at radius 2 is 1.81 bits per heavy atom. The number of aliphatic hydroxyl groups excluding tert-OH is 1. The summed E-state index contributed by atoms with van der Waals surface area (Å²) in [6.07, 6.45) is -4.03. The molecule has 1 fully saturated rings. The standard InChI is InChI=1S/C15H17ClF4O/c16-14-10(2-1-3-12(14)17)8-13(21)9-4-6-11(7-5-9)15(18,19)20/h1-3,9,11,13,21H,4-8H2. The Kier molecular flexibility index (Phi) is 5.15. The Balaban J connectivity index is 1.93. The molecule has 0 amide bonds. The molecule has 6 heteroatoms. The van der Waals surface area contributed by atoms with Crippen molar-refractivity contribution < 1.29 is 22.7 Å². The summed E-state index contributed by atoms with van der Waals surface area (Å²) in [6, 6.07) is 4.35. The minimum Gasteiger partial charge on any atom is -0.392 e. The lowest BCUT2D eigenvalue weighted by Gasteiger charge is -2.32. The van der Waals surface area contributed by atoms with Gasteiger partial charge in [0.1, 0.15) is 5.82 Å². The van der Waals surface area contributed by atoms with Crippen molar-refractivity contribution in [3.05, 3.63) is 34.6 Å². The molecule has 0 heterocycles. The average molecular weight is 325 g/mol. The number of aliphatic hydroxyl groups is 1. The van der Waals surface area contributed by atoms with E-state index in [0.717, 1.165) is 0 Å². The second-order valence-corrected chi connectivity index (χ2v) is 6.02. The van der Waals surface area contributed by atoms with Crippen molar-refractivity contribution in [1.29, 1.82) is 0 Å². The van der Waals surface area contributed by atoms with Crippen LogP contribution in [0, 0.1) is 17.7 Å². The quantitative estimate of drug-likeness (QED) is 0.795. The molecule has 21 heavy (non-hydrogen) atoms. The maximum absolute atomic E-state index is 13.3. The normalized spacial score (nSPS) is 24.9. The lowest BCUT2D eigenvalue weighted by Crippen LogP contribution is -2.32. The number of hydrogen-bond donors (Lipinski definition) is 1. The van der Waals surface area contributed by atoms with Crippen molar-refractivity contribution in [2.45, 2.75) is 44.4 Å². The molecule has 0 aliphatic heterocycles. The van der Waals surface area contributed by atoms with Crippen LogP contribution >= 0.6 is 11.6 Å². The van der Waals surface area contributed by atoms with Crippen LogP contribution in [0.2, 0.25) is 5.02 Å². The van der Waals surface area contributed by atoms with Crippen molar-refractivity contribution >= 4 is 11.6 Å². The number of alkyl halides is 3. The first-order valence-electron chi connectivity index (χ1n) is 6.96. The smallest absolute Gasteiger partial charge is 0.391 e. The fourth-order valence-corrected chi connectivity index (χ4v) is 3.13. The van der Waals surface area contributed by atoms with E-state index in [0.29, 0.717) is 18.4 Å². The van der Waals surface area contributed by atoms with Crippen LogP contribution in [0.1, 0.15) is 31.2 Å². The molecular weight excluding hydrogens is 308 g/mol. The van der Waals surface area contributed by atoms with Gasteiger partial charge in [-0.1, -0.05) is 23.7 Å². The Hall–Kier alpha value is -0.810. The molecule has 1 saturated carbocycles. The monoisotopic (exact) mass is 324 g/mol. The summed E-state index contributed by atoms with van der Waals surface area (Å²) in [6.45, 7) is 0. The Labute approximate surface area is 125 Å². The van der Waals surface area contributed by atoms with Crippen LogP contribution in [-0.4, -0.2) is 17.4 Å². The van der Waals surface area contributed by atoms with Crippen molar-refractivity contribution in [2.24, 2.45) is 11.8 Å². The first-order chi connectivity index (χ1) is 9.79. The predicted octanol–water partition coefficient (Wildman–Crippen LogP) is 4.75. The molecule has 1 aliphatic rings. The molecule has 2 rings (SSSR count). The highest BCUT2D eigenvalue weighted by molar-refractivity contribution is 6.31. The molecule has 0 radical (unpaired) electrons. The van der Waals surface area contributed by atoms with Crippen LogP contribution in [0.5, 0.6) is 0 Å². The summed E-state index contributed by atoms with van der Waals surface area (Å²) in [5.74, 6) is -2.01. The zero-order chi connectivity index (χ0) is 15.6. The zero-order valence-electron chi connectivity index (χ0n) is 11.3. The number of halogens is 5. The maximum atomic E-state index is 13.3. The van der Waals surface area contributed by atoms with Gasteiger partial charge in [0, 0.05) is 6.42 Å². The number of hydrogen-bond acceptors (Lipinski definition) is 1. The highest BCUT2D eigenvalue weighted by Crippen LogP contribution is 2.40. The van der Waals surface area contributed by atoms with Crippen LogP contribution in [0.15, 0.2) is 18.2 Å². The highest BCUT2D eigenvalue weighted by Gasteiger charge is 2.42. The summed E-state index contributed by atoms with van der Waals surface area (Å²) >= 11 is 5.82. The first-order valence-corrected chi connectivity index (χ1v) is 7.34. The van der Waals surface area contributed by atoms with Crippen LogP contribution in [-0.2, 0) is 6.42 Å². The molecule has 1 N–H and O–H groups in total. The van der Waals surface area contributed by atoms with E-state index in [1.54, 1.807) is 6.07 Å². The minimum absolute atomic E-state index is 0.0273. The van der Waals surface area contributed by atoms with Gasteiger partial charge in [0.05, 0.1) is 17.0 Å². The van der Waals surface area contributed by atoms with E-state index in [9.17, 15) is 22.7 Å². The van der Waals surface area contributed by atoms with Gasteiger partial charge in [0.2, 0.25) is 0 Å². The highest BCUT2D eigenvalue weighted by atomic mass is 35.5. The summed E-state index contributed by atoms with van der Waals surface area (Å²) in [5.41, 5.74) is 0.488. The largest absolute Gasteiger partial charge is 0.392 e. The van der Waals surface area contributed by atoms with E-state index in [4.69, 9.17) is 11.6 Å². The lowest BCUT2D eigenvalue weighted by molar-refractivity contribution is -0.185. The number of benzene rings is 1. The van der Waals surface area contributed by atoms with Gasteiger partial charge < -0.3 is 5.11 Å². The van der Waals surface area contributed by atoms with Crippen LogP contribution in [0.25, 0.3) is 0 Å². The third kappa shape index (κ3) is 4.10. The molecule has 1 aromatic carbocycles. The van der Waals surface area contributed by atoms with Gasteiger partial charge in [-0.2, -0.15) is 13.2 Å². The molecule has 1 aliphatic carbocycles. The topological polar surface area (TPSA) is 20.2 Å². The third-order valence-electron chi connectivity index (χ3n) is 4.24. The average Bonchev–Trinajstić information content (AvgIpc) is 2.43. The molecule has 0 bridgehead atoms. The number of rotatable bonds is 3. The van der Waals surface area contributed by atoms with Crippen molar-refractivity contribution in [2.75, 3.05) is 0 Å². The van der Waals surface area contributed by atoms with E-state index >= 15 is 0 Å². The fourth-order valence-electron chi connectivity index (χ4n) is 2.93. The second kappa shape index (κ2) is 6.53. The lowest BCUT2D eigenvalue weighted by atomic mass is 9.78. The molecule has 0 spiro atoms. The molecule has 118 valence electrons. The Morgan fingerprint density at radius 3 is 2.38 bits per heavy atom. The summed E-state index contributed by atoms with van der Waals surface area (Å²) in [7, 11) is 0. The molecular formula is C15H17ClF4O. The van der Waals surface area contributed by atoms with Gasteiger partial charge in [0.15, 0.2) is 0 Å². The summed E-state index contributed by atoms with van der Waals surface area (Å²) in [5, 5.41) is 10.1. The van der Waals surface area contributed by atoms with E-state index in [-0.39, 0.29) is 30.2 Å². The first kappa shape index (κ1) is 16.6. The van der Waals surface area contributed by atoms with Gasteiger partial charge in [-0.3, -0.25) is 0 Å². The van der Waals surface area contributed by atoms with Crippen LogP contribution in [0.4, 0.5) is 17.6 Å². The predicted molar refractivity (Wildman–Crippen MR) is 72.6 cm³/mol. The Morgan fingerprint density at radius 1 is 1.19 bits per heavy atom. The van der Waals surface area contributed by atoms with E-state index in [1.807, 2.05) is 0 Å². The van der Waals surface area contributed by atoms with Crippen molar-refractivity contribution in [3.8, 4) is 0 Å². The second-order valence-electron chi connectivity index (χ2n) is 5.64. The molecule has 1 nitrogen and oxygen atoms in total. The molecule has 1 atom stereocenters. The van der Waals surface area contributed by atoms with Crippen LogP contribution < -0.4 is 0 Å². The molecule has 0 aromatic heterocycles. The fraction of sp³-hybridized carbons (Fsp3) is 0.600. The molecule has 0 saturated heterocycles. The van der Waals surface area contributed by atoms with Gasteiger partial charge in [-0.25, -0.2) is 4.39 Å². The summed E-state index contributed by atoms with van der Waals surface area (Å²) < 4.78 is 51.1. The van der Waals surface area contributed by atoms with Crippen molar-refractivity contribution in [3.63, 3.8) is 0 Å². The SMILES string of the molecule is OC(Cc1cccc(F)c1Cl)C1CCC(C(F)(F)F)CC1. The van der Waals surface area contributed by atoms with E-state index < -0.39 is 24.0 Å². The van der Waals surface area contributed by atoms with E-state index in [1.165, 1.54) is 12.1 Å². The molecule has 1 aromatic rings. The van der Waals surface area contributed by atoms with Gasteiger partial charge in [-0.15, -0.1) is 0 Å². The van der Waals surface area contributed by atoms with Gasteiger partial charge in [-0.05, 0) is 43.2 Å². The maximum Gasteiger partial charge on any atom is 0.391 e.